The van der Waals surface area contributed by atoms with Gasteiger partial charge in [0.05, 0.1) is 5.39 Å². The topological polar surface area (TPSA) is 61.2 Å². The molecule has 0 unspecified atom stereocenters. The zero-order valence-electron chi connectivity index (χ0n) is 14.4. The summed E-state index contributed by atoms with van der Waals surface area (Å²) in [4.78, 5) is 25.2. The number of halogens is 1. The fourth-order valence-corrected chi connectivity index (χ4v) is 2.86. The molecule has 0 saturated carbocycles. The van der Waals surface area contributed by atoms with Crippen molar-refractivity contribution in [2.24, 2.45) is 0 Å². The number of hydrogen-bond acceptors (Lipinski definition) is 4. The van der Waals surface area contributed by atoms with E-state index in [1.807, 2.05) is 19.1 Å². The molecule has 6 heteroatoms. The first kappa shape index (κ1) is 18.1. The van der Waals surface area contributed by atoms with Crippen LogP contribution in [0.15, 0.2) is 53.3 Å². The van der Waals surface area contributed by atoms with Crippen LogP contribution in [-0.4, -0.2) is 15.7 Å². The van der Waals surface area contributed by atoms with E-state index in [1.165, 1.54) is 4.68 Å². The summed E-state index contributed by atoms with van der Waals surface area (Å²) in [5.41, 5.74) is 0.659. The van der Waals surface area contributed by atoms with E-state index < -0.39 is 5.97 Å². The average molecular weight is 371 g/mol. The Morgan fingerprint density at radius 3 is 2.54 bits per heavy atom. The zero-order chi connectivity index (χ0) is 18.5. The van der Waals surface area contributed by atoms with E-state index in [9.17, 15) is 9.59 Å². The van der Waals surface area contributed by atoms with Crippen LogP contribution in [0.2, 0.25) is 5.02 Å². The maximum Gasteiger partial charge on any atom is 0.359 e. The van der Waals surface area contributed by atoms with Crippen molar-refractivity contribution in [1.29, 1.82) is 0 Å². The SMILES string of the molecule is CCCCn1nc(C(=O)OCc2ccccc2Cl)c2ccccc2c1=O. The second kappa shape index (κ2) is 8.15. The molecule has 0 N–H and O–H groups in total. The summed E-state index contributed by atoms with van der Waals surface area (Å²) >= 11 is 6.10. The summed E-state index contributed by atoms with van der Waals surface area (Å²) in [6, 6.07) is 14.1. The van der Waals surface area contributed by atoms with E-state index in [4.69, 9.17) is 16.3 Å². The molecule has 134 valence electrons. The minimum atomic E-state index is -0.577. The third kappa shape index (κ3) is 3.78. The van der Waals surface area contributed by atoms with Gasteiger partial charge in [-0.15, -0.1) is 0 Å². The lowest BCUT2D eigenvalue weighted by atomic mass is 10.1. The number of unbranched alkanes of at least 4 members (excludes halogenated alkanes) is 1. The maximum atomic E-state index is 12.6. The molecule has 0 radical (unpaired) electrons. The summed E-state index contributed by atoms with van der Waals surface area (Å²) in [7, 11) is 0. The highest BCUT2D eigenvalue weighted by Crippen LogP contribution is 2.18. The van der Waals surface area contributed by atoms with Gasteiger partial charge in [0, 0.05) is 22.5 Å². The fourth-order valence-electron chi connectivity index (χ4n) is 2.67. The predicted molar refractivity (Wildman–Crippen MR) is 101 cm³/mol. The molecule has 0 amide bonds. The van der Waals surface area contributed by atoms with Crippen molar-refractivity contribution >= 4 is 28.3 Å². The van der Waals surface area contributed by atoms with Crippen LogP contribution in [0.3, 0.4) is 0 Å². The van der Waals surface area contributed by atoms with Crippen LogP contribution in [0.1, 0.15) is 35.8 Å². The molecule has 0 fully saturated rings. The number of carbonyl (C=O) groups is 1. The van der Waals surface area contributed by atoms with Crippen LogP contribution < -0.4 is 5.56 Å². The number of benzene rings is 2. The second-order valence-electron chi connectivity index (χ2n) is 5.94. The van der Waals surface area contributed by atoms with Gasteiger partial charge in [0.15, 0.2) is 5.69 Å². The summed E-state index contributed by atoms with van der Waals surface area (Å²) in [6.45, 7) is 2.54. The van der Waals surface area contributed by atoms with Gasteiger partial charge in [0.25, 0.3) is 5.56 Å². The molecule has 5 nitrogen and oxygen atoms in total. The van der Waals surface area contributed by atoms with Crippen LogP contribution in [0, 0.1) is 0 Å². The average Bonchev–Trinajstić information content (AvgIpc) is 2.67. The van der Waals surface area contributed by atoms with Crippen molar-refractivity contribution in [2.75, 3.05) is 0 Å². The Hall–Kier alpha value is -2.66. The third-order valence-electron chi connectivity index (χ3n) is 4.10. The van der Waals surface area contributed by atoms with Gasteiger partial charge < -0.3 is 4.74 Å². The number of rotatable bonds is 6. The van der Waals surface area contributed by atoms with Crippen molar-refractivity contribution in [3.8, 4) is 0 Å². The quantitative estimate of drug-likeness (QED) is 0.610. The molecular weight excluding hydrogens is 352 g/mol. The Morgan fingerprint density at radius 1 is 1.12 bits per heavy atom. The maximum absolute atomic E-state index is 12.6. The van der Waals surface area contributed by atoms with Crippen molar-refractivity contribution in [2.45, 2.75) is 32.9 Å². The van der Waals surface area contributed by atoms with E-state index in [2.05, 4.69) is 5.10 Å². The van der Waals surface area contributed by atoms with Crippen LogP contribution in [-0.2, 0) is 17.9 Å². The van der Waals surface area contributed by atoms with Crippen LogP contribution in [0.5, 0.6) is 0 Å². The third-order valence-corrected chi connectivity index (χ3v) is 4.47. The molecule has 3 aromatic rings. The van der Waals surface area contributed by atoms with Crippen LogP contribution >= 0.6 is 11.6 Å². The summed E-state index contributed by atoms with van der Waals surface area (Å²) in [6.07, 6.45) is 1.73. The van der Waals surface area contributed by atoms with Crippen molar-refractivity contribution in [3.63, 3.8) is 0 Å². The fraction of sp³-hybridized carbons (Fsp3) is 0.250. The Balaban J connectivity index is 1.95. The van der Waals surface area contributed by atoms with Gasteiger partial charge in [-0.25, -0.2) is 9.48 Å². The van der Waals surface area contributed by atoms with E-state index in [1.54, 1.807) is 36.4 Å². The molecule has 0 atom stereocenters. The predicted octanol–water partition coefficient (Wildman–Crippen LogP) is 4.21. The number of esters is 1. The Labute approximate surface area is 156 Å². The Kier molecular flexibility index (Phi) is 5.68. The highest BCUT2D eigenvalue weighted by molar-refractivity contribution is 6.31. The highest BCUT2D eigenvalue weighted by atomic mass is 35.5. The summed E-state index contributed by atoms with van der Waals surface area (Å²) < 4.78 is 6.75. The van der Waals surface area contributed by atoms with E-state index >= 15 is 0 Å². The molecule has 0 aliphatic rings. The smallest absolute Gasteiger partial charge is 0.359 e. The normalized spacial score (nSPS) is 10.8. The number of nitrogens with zero attached hydrogens (tertiary/aromatic N) is 2. The number of ether oxygens (including phenoxy) is 1. The summed E-state index contributed by atoms with van der Waals surface area (Å²) in [5, 5.41) is 5.76. The molecule has 1 aromatic heterocycles. The number of aryl methyl sites for hydroxylation is 1. The minimum Gasteiger partial charge on any atom is -0.456 e. The van der Waals surface area contributed by atoms with E-state index in [0.717, 1.165) is 12.8 Å². The monoisotopic (exact) mass is 370 g/mol. The van der Waals surface area contributed by atoms with Crippen LogP contribution in [0.4, 0.5) is 0 Å². The molecule has 0 aliphatic heterocycles. The van der Waals surface area contributed by atoms with Gasteiger partial charge in [-0.2, -0.15) is 5.10 Å². The molecule has 0 aliphatic carbocycles. The van der Waals surface area contributed by atoms with Crippen molar-refractivity contribution in [1.82, 2.24) is 9.78 Å². The van der Waals surface area contributed by atoms with Gasteiger partial charge >= 0.3 is 5.97 Å². The van der Waals surface area contributed by atoms with Gasteiger partial charge in [-0.05, 0) is 18.6 Å². The molecule has 0 saturated heterocycles. The van der Waals surface area contributed by atoms with Crippen molar-refractivity contribution in [3.05, 3.63) is 75.2 Å². The lowest BCUT2D eigenvalue weighted by Gasteiger charge is -2.11. The first-order chi connectivity index (χ1) is 12.6. The first-order valence-electron chi connectivity index (χ1n) is 8.52. The van der Waals surface area contributed by atoms with Gasteiger partial charge in [-0.3, -0.25) is 4.79 Å². The molecule has 0 bridgehead atoms. The lowest BCUT2D eigenvalue weighted by molar-refractivity contribution is 0.0465. The molecule has 2 aromatic carbocycles. The largest absolute Gasteiger partial charge is 0.456 e. The molecule has 1 heterocycles. The molecule has 0 spiro atoms. The van der Waals surface area contributed by atoms with E-state index in [-0.39, 0.29) is 17.9 Å². The zero-order valence-corrected chi connectivity index (χ0v) is 15.2. The van der Waals surface area contributed by atoms with Gasteiger partial charge in [0.2, 0.25) is 0 Å². The van der Waals surface area contributed by atoms with Gasteiger partial charge in [-0.1, -0.05) is 61.3 Å². The Morgan fingerprint density at radius 2 is 1.81 bits per heavy atom. The Bertz CT molecular complexity index is 998. The number of carbonyl (C=O) groups excluding carboxylic acids is 1. The van der Waals surface area contributed by atoms with Crippen molar-refractivity contribution < 1.29 is 9.53 Å². The first-order valence-corrected chi connectivity index (χ1v) is 8.90. The number of aromatic nitrogens is 2. The molecule has 3 rings (SSSR count). The highest BCUT2D eigenvalue weighted by Gasteiger charge is 2.18. The number of fused-ring (bicyclic) bond motifs is 1. The lowest BCUT2D eigenvalue weighted by Crippen LogP contribution is -2.26. The van der Waals surface area contributed by atoms with Gasteiger partial charge in [0.1, 0.15) is 6.61 Å². The number of hydrogen-bond donors (Lipinski definition) is 0. The van der Waals surface area contributed by atoms with Crippen LogP contribution in [0.25, 0.3) is 10.8 Å². The minimum absolute atomic E-state index is 0.0442. The van der Waals surface area contributed by atoms with E-state index in [0.29, 0.717) is 27.9 Å². The molecule has 26 heavy (non-hydrogen) atoms. The summed E-state index contributed by atoms with van der Waals surface area (Å²) in [5.74, 6) is -0.577. The standard InChI is InChI=1S/C20H19ClN2O3/c1-2-3-12-23-19(24)16-10-6-5-9-15(16)18(22-23)20(25)26-13-14-8-4-7-11-17(14)21/h4-11H,2-3,12-13H2,1H3. The molecular formula is C20H19ClN2O3. The second-order valence-corrected chi connectivity index (χ2v) is 6.35.